The first kappa shape index (κ1) is 25.5. The molecule has 0 radical (unpaired) electrons. The number of rotatable bonds is 10. The highest BCUT2D eigenvalue weighted by Gasteiger charge is 2.52. The number of carbonyl (C=O) groups excluding carboxylic acids is 4. The molecule has 3 amide bonds. The molecule has 2 fully saturated rings. The number of halogens is 1. The van der Waals surface area contributed by atoms with Crippen molar-refractivity contribution in [1.29, 1.82) is 0 Å². The van der Waals surface area contributed by atoms with Crippen molar-refractivity contribution >= 4 is 23.5 Å². The molecule has 2 aliphatic carbocycles. The van der Waals surface area contributed by atoms with Gasteiger partial charge in [-0.05, 0) is 56.2 Å². The summed E-state index contributed by atoms with van der Waals surface area (Å²) in [4.78, 5) is 55.9. The summed E-state index contributed by atoms with van der Waals surface area (Å²) in [7, 11) is 0. The molecular formula is C27H31FN4O4. The van der Waals surface area contributed by atoms with E-state index in [4.69, 9.17) is 0 Å². The smallest absolute Gasteiger partial charge is 0.289 e. The zero-order valence-corrected chi connectivity index (χ0v) is 20.0. The Kier molecular flexibility index (Phi) is 8.07. The second-order valence-corrected chi connectivity index (χ2v) is 9.60. The van der Waals surface area contributed by atoms with Gasteiger partial charge in [-0.25, -0.2) is 4.39 Å². The lowest BCUT2D eigenvalue weighted by molar-refractivity contribution is -0.140. The Morgan fingerprint density at radius 2 is 1.67 bits per heavy atom. The third-order valence-corrected chi connectivity index (χ3v) is 6.86. The van der Waals surface area contributed by atoms with Gasteiger partial charge in [0.15, 0.2) is 0 Å². The maximum absolute atomic E-state index is 13.4. The summed E-state index contributed by atoms with van der Waals surface area (Å²) in [5.41, 5.74) is 0.290. The molecule has 8 nitrogen and oxygen atoms in total. The van der Waals surface area contributed by atoms with Crippen LogP contribution in [0.1, 0.15) is 49.8 Å². The Bertz CT molecular complexity index is 1080. The molecule has 2 aliphatic rings. The van der Waals surface area contributed by atoms with E-state index in [9.17, 15) is 23.6 Å². The van der Waals surface area contributed by atoms with Crippen molar-refractivity contribution in [2.45, 2.75) is 69.2 Å². The van der Waals surface area contributed by atoms with Gasteiger partial charge in [-0.2, -0.15) is 0 Å². The molecule has 1 aromatic carbocycles. The molecule has 0 unspecified atom stereocenters. The minimum atomic E-state index is -1.10. The Hall–Kier alpha value is -3.62. The number of amides is 3. The van der Waals surface area contributed by atoms with E-state index in [1.165, 1.54) is 0 Å². The van der Waals surface area contributed by atoms with Crippen LogP contribution in [0.3, 0.4) is 0 Å². The Morgan fingerprint density at radius 1 is 0.972 bits per heavy atom. The van der Waals surface area contributed by atoms with Crippen LogP contribution in [0.25, 0.3) is 0 Å². The molecule has 2 saturated carbocycles. The second-order valence-electron chi connectivity index (χ2n) is 9.60. The summed E-state index contributed by atoms with van der Waals surface area (Å²) in [6, 6.07) is 13.3. The number of benzene rings is 1. The highest BCUT2D eigenvalue weighted by Crippen LogP contribution is 2.37. The van der Waals surface area contributed by atoms with Gasteiger partial charge in [-0.1, -0.05) is 36.4 Å². The summed E-state index contributed by atoms with van der Waals surface area (Å²) in [5, 5.41) is 8.13. The molecule has 1 heterocycles. The minimum Gasteiger partial charge on any atom is -0.344 e. The average Bonchev–Trinajstić information content (AvgIpc) is 3.68. The number of hydrogen-bond acceptors (Lipinski definition) is 5. The van der Waals surface area contributed by atoms with Gasteiger partial charge in [0.25, 0.3) is 5.91 Å². The van der Waals surface area contributed by atoms with Crippen molar-refractivity contribution in [1.82, 2.24) is 20.9 Å². The van der Waals surface area contributed by atoms with Crippen molar-refractivity contribution in [2.24, 2.45) is 5.92 Å². The number of nitrogens with one attached hydrogen (secondary N) is 3. The maximum Gasteiger partial charge on any atom is 0.289 e. The zero-order chi connectivity index (χ0) is 25.5. The van der Waals surface area contributed by atoms with Gasteiger partial charge < -0.3 is 16.0 Å². The van der Waals surface area contributed by atoms with E-state index < -0.39 is 35.4 Å². The number of pyridine rings is 1. The SMILES string of the molecule is O=C(NCc1ccccn1)C(=O)[C@@H](Cc1ccccc1)NC(=O)C1(NC(=O)C2CCC(F)CC2)CC1. The number of carbonyl (C=O) groups is 4. The van der Waals surface area contributed by atoms with Gasteiger partial charge in [0.1, 0.15) is 17.8 Å². The van der Waals surface area contributed by atoms with Crippen molar-refractivity contribution in [3.8, 4) is 0 Å². The third kappa shape index (κ3) is 6.53. The lowest BCUT2D eigenvalue weighted by atomic mass is 9.87. The third-order valence-electron chi connectivity index (χ3n) is 6.86. The lowest BCUT2D eigenvalue weighted by Gasteiger charge is -2.27. The summed E-state index contributed by atoms with van der Waals surface area (Å²) in [6.45, 7) is 0.0819. The molecule has 2 aromatic rings. The largest absolute Gasteiger partial charge is 0.344 e. The fraction of sp³-hybridized carbons (Fsp3) is 0.444. The number of nitrogens with zero attached hydrogens (tertiary/aromatic N) is 1. The number of hydrogen-bond donors (Lipinski definition) is 3. The molecule has 190 valence electrons. The number of Topliss-reactive ketones (excluding diaryl/α,β-unsaturated/α-hetero) is 1. The number of aromatic nitrogens is 1. The van der Waals surface area contributed by atoms with E-state index in [-0.39, 0.29) is 24.8 Å². The van der Waals surface area contributed by atoms with Crippen LogP contribution in [0.5, 0.6) is 0 Å². The van der Waals surface area contributed by atoms with Crippen LogP contribution < -0.4 is 16.0 Å². The highest BCUT2D eigenvalue weighted by molar-refractivity contribution is 6.38. The molecule has 0 aliphatic heterocycles. The van der Waals surface area contributed by atoms with Crippen molar-refractivity contribution in [3.63, 3.8) is 0 Å². The number of alkyl halides is 1. The molecule has 36 heavy (non-hydrogen) atoms. The first-order valence-corrected chi connectivity index (χ1v) is 12.4. The monoisotopic (exact) mass is 494 g/mol. The molecule has 1 atom stereocenters. The van der Waals surface area contributed by atoms with Crippen LogP contribution in [0.2, 0.25) is 0 Å². The summed E-state index contributed by atoms with van der Waals surface area (Å²) in [5.74, 6) is -2.65. The molecule has 3 N–H and O–H groups in total. The van der Waals surface area contributed by atoms with E-state index in [0.29, 0.717) is 44.2 Å². The summed E-state index contributed by atoms with van der Waals surface area (Å²) < 4.78 is 13.4. The van der Waals surface area contributed by atoms with Gasteiger partial charge in [0.2, 0.25) is 17.6 Å². The van der Waals surface area contributed by atoms with E-state index in [1.807, 2.05) is 30.3 Å². The first-order valence-electron chi connectivity index (χ1n) is 12.4. The van der Waals surface area contributed by atoms with Gasteiger partial charge >= 0.3 is 0 Å². The van der Waals surface area contributed by atoms with Crippen LogP contribution >= 0.6 is 0 Å². The Labute approximate surface area is 209 Å². The highest BCUT2D eigenvalue weighted by atomic mass is 19.1. The first-order chi connectivity index (χ1) is 17.4. The lowest BCUT2D eigenvalue weighted by Crippen LogP contribution is -2.56. The normalized spacial score (nSPS) is 21.0. The van der Waals surface area contributed by atoms with E-state index >= 15 is 0 Å². The number of ketones is 1. The summed E-state index contributed by atoms with van der Waals surface area (Å²) >= 11 is 0. The topological polar surface area (TPSA) is 117 Å². The van der Waals surface area contributed by atoms with Crippen LogP contribution in [0.15, 0.2) is 54.7 Å². The van der Waals surface area contributed by atoms with Gasteiger partial charge in [0.05, 0.1) is 12.2 Å². The molecule has 1 aromatic heterocycles. The van der Waals surface area contributed by atoms with Gasteiger partial charge in [-0.15, -0.1) is 0 Å². The van der Waals surface area contributed by atoms with Gasteiger partial charge in [0, 0.05) is 18.5 Å². The predicted molar refractivity (Wildman–Crippen MR) is 130 cm³/mol. The van der Waals surface area contributed by atoms with Crippen LogP contribution in [0.4, 0.5) is 4.39 Å². The molecule has 0 saturated heterocycles. The molecule has 0 bridgehead atoms. The van der Waals surface area contributed by atoms with E-state index in [2.05, 4.69) is 20.9 Å². The fourth-order valence-electron chi connectivity index (χ4n) is 4.46. The Balaban J connectivity index is 1.41. The second kappa shape index (κ2) is 11.4. The average molecular weight is 495 g/mol. The summed E-state index contributed by atoms with van der Waals surface area (Å²) in [6.07, 6.45) is 3.34. The van der Waals surface area contributed by atoms with Crippen molar-refractivity contribution < 1.29 is 23.6 Å². The van der Waals surface area contributed by atoms with Crippen molar-refractivity contribution in [2.75, 3.05) is 0 Å². The quantitative estimate of drug-likeness (QED) is 0.438. The van der Waals surface area contributed by atoms with Crippen LogP contribution in [0, 0.1) is 5.92 Å². The molecule has 4 rings (SSSR count). The van der Waals surface area contributed by atoms with E-state index in [1.54, 1.807) is 24.4 Å². The fourth-order valence-corrected chi connectivity index (χ4v) is 4.46. The van der Waals surface area contributed by atoms with Gasteiger partial charge in [-0.3, -0.25) is 24.2 Å². The maximum atomic E-state index is 13.4. The van der Waals surface area contributed by atoms with Crippen LogP contribution in [-0.2, 0) is 32.1 Å². The molecule has 9 heteroatoms. The standard InChI is InChI=1S/C27H31FN4O4/c28-20-11-9-19(10-12-20)24(34)32-27(13-14-27)26(36)31-22(16-18-6-2-1-3-7-18)23(33)25(35)30-17-21-8-4-5-15-29-21/h1-8,15,19-20,22H,9-14,16-17H2,(H,30,35)(H,31,36)(H,32,34)/t19?,20?,22-/m1/s1. The van der Waals surface area contributed by atoms with Crippen LogP contribution in [-0.4, -0.2) is 46.2 Å². The molecular weight excluding hydrogens is 463 g/mol. The predicted octanol–water partition coefficient (Wildman–Crippen LogP) is 2.17. The Morgan fingerprint density at radius 3 is 2.31 bits per heavy atom. The minimum absolute atomic E-state index is 0.0819. The van der Waals surface area contributed by atoms with Crippen molar-refractivity contribution in [3.05, 3.63) is 66.0 Å². The zero-order valence-electron chi connectivity index (χ0n) is 20.0. The molecule has 0 spiro atoms. The van der Waals surface area contributed by atoms with E-state index in [0.717, 1.165) is 5.56 Å².